The largest absolute Gasteiger partial charge is 0.493 e. The van der Waals surface area contributed by atoms with Gasteiger partial charge in [0.25, 0.3) is 0 Å². The summed E-state index contributed by atoms with van der Waals surface area (Å²) in [6.45, 7) is 1.67. The van der Waals surface area contributed by atoms with Crippen LogP contribution in [0.25, 0.3) is 0 Å². The molecule has 1 heterocycles. The first-order valence-electron chi connectivity index (χ1n) is 6.19. The molecular formula is C13H17NO5S. The standard InChI is InChI=1S/C13H17NO5S/c1-9(14-15)10-3-4-12(13(7-10)18-2)19-11-5-6-20(16,17)8-11/h3-4,7,11,15H,5-6,8H2,1-2H3/b14-9+. The van der Waals surface area contributed by atoms with Crippen LogP contribution in [0.3, 0.4) is 0 Å². The van der Waals surface area contributed by atoms with E-state index in [1.807, 2.05) is 0 Å². The van der Waals surface area contributed by atoms with Crippen LogP contribution in [0.2, 0.25) is 0 Å². The van der Waals surface area contributed by atoms with Crippen LogP contribution in [0.5, 0.6) is 11.5 Å². The zero-order valence-corrected chi connectivity index (χ0v) is 12.2. The Morgan fingerprint density at radius 2 is 2.15 bits per heavy atom. The number of benzene rings is 1. The number of oxime groups is 1. The molecule has 1 fully saturated rings. The Balaban J connectivity index is 2.20. The minimum Gasteiger partial charge on any atom is -0.493 e. The van der Waals surface area contributed by atoms with Gasteiger partial charge in [-0.25, -0.2) is 8.42 Å². The minimum atomic E-state index is -2.98. The lowest BCUT2D eigenvalue weighted by Gasteiger charge is -2.15. The van der Waals surface area contributed by atoms with Gasteiger partial charge in [-0.1, -0.05) is 5.16 Å². The molecular weight excluding hydrogens is 282 g/mol. The number of methoxy groups -OCH3 is 1. The molecule has 0 saturated carbocycles. The van der Waals surface area contributed by atoms with Crippen molar-refractivity contribution in [2.45, 2.75) is 19.4 Å². The smallest absolute Gasteiger partial charge is 0.161 e. The highest BCUT2D eigenvalue weighted by molar-refractivity contribution is 7.91. The molecule has 1 atom stereocenters. The van der Waals surface area contributed by atoms with Crippen molar-refractivity contribution in [2.24, 2.45) is 5.16 Å². The summed E-state index contributed by atoms with van der Waals surface area (Å²) in [7, 11) is -1.48. The topological polar surface area (TPSA) is 85.2 Å². The van der Waals surface area contributed by atoms with Crippen LogP contribution < -0.4 is 9.47 Å². The molecule has 0 bridgehead atoms. The summed E-state index contributed by atoms with van der Waals surface area (Å²) < 4.78 is 33.8. The Labute approximate surface area is 117 Å². The van der Waals surface area contributed by atoms with Crippen molar-refractivity contribution in [2.75, 3.05) is 18.6 Å². The molecule has 1 aromatic carbocycles. The van der Waals surface area contributed by atoms with Crippen LogP contribution in [0.1, 0.15) is 18.9 Å². The van der Waals surface area contributed by atoms with Crippen molar-refractivity contribution in [3.8, 4) is 11.5 Å². The van der Waals surface area contributed by atoms with Crippen LogP contribution in [0.4, 0.5) is 0 Å². The molecule has 2 rings (SSSR count). The first-order valence-corrected chi connectivity index (χ1v) is 8.01. The second kappa shape index (κ2) is 5.70. The SMILES string of the molecule is COc1cc(/C(C)=N/O)ccc1OC1CCS(=O)(=O)C1. The van der Waals surface area contributed by atoms with Gasteiger partial charge in [-0.05, 0) is 31.5 Å². The summed E-state index contributed by atoms with van der Waals surface area (Å²) in [5.74, 6) is 1.17. The Kier molecular flexibility index (Phi) is 4.17. The molecule has 1 aliphatic heterocycles. The third kappa shape index (κ3) is 3.22. The molecule has 1 saturated heterocycles. The average molecular weight is 299 g/mol. The highest BCUT2D eigenvalue weighted by Gasteiger charge is 2.30. The summed E-state index contributed by atoms with van der Waals surface area (Å²) in [6, 6.07) is 5.11. The van der Waals surface area contributed by atoms with Gasteiger partial charge in [0, 0.05) is 5.56 Å². The van der Waals surface area contributed by atoms with E-state index in [0.29, 0.717) is 29.2 Å². The molecule has 20 heavy (non-hydrogen) atoms. The molecule has 0 aromatic heterocycles. The van der Waals surface area contributed by atoms with Gasteiger partial charge in [0.2, 0.25) is 0 Å². The van der Waals surface area contributed by atoms with Gasteiger partial charge in [-0.3, -0.25) is 0 Å². The number of nitrogens with zero attached hydrogens (tertiary/aromatic N) is 1. The predicted octanol–water partition coefficient (Wildman–Crippen LogP) is 1.46. The minimum absolute atomic E-state index is 0.0367. The third-order valence-electron chi connectivity index (χ3n) is 3.22. The average Bonchev–Trinajstić information content (AvgIpc) is 2.77. The monoisotopic (exact) mass is 299 g/mol. The Hall–Kier alpha value is -1.76. The Morgan fingerprint density at radius 3 is 2.70 bits per heavy atom. The zero-order chi connectivity index (χ0) is 14.8. The van der Waals surface area contributed by atoms with E-state index in [0.717, 1.165) is 0 Å². The summed E-state index contributed by atoms with van der Waals surface area (Å²) in [4.78, 5) is 0. The van der Waals surface area contributed by atoms with Gasteiger partial charge in [-0.15, -0.1) is 0 Å². The van der Waals surface area contributed by atoms with E-state index in [1.54, 1.807) is 25.1 Å². The van der Waals surface area contributed by atoms with Crippen LogP contribution in [-0.4, -0.2) is 44.1 Å². The molecule has 6 nitrogen and oxygen atoms in total. The maximum atomic E-state index is 11.4. The fraction of sp³-hybridized carbons (Fsp3) is 0.462. The van der Waals surface area contributed by atoms with E-state index in [9.17, 15) is 8.42 Å². The second-order valence-corrected chi connectivity index (χ2v) is 6.92. The Bertz CT molecular complexity index is 624. The van der Waals surface area contributed by atoms with E-state index in [2.05, 4.69) is 5.16 Å². The fourth-order valence-electron chi connectivity index (χ4n) is 2.08. The number of ether oxygens (including phenoxy) is 2. The molecule has 1 unspecified atom stereocenters. The number of rotatable bonds is 4. The molecule has 0 spiro atoms. The van der Waals surface area contributed by atoms with Gasteiger partial charge in [0.1, 0.15) is 6.10 Å². The van der Waals surface area contributed by atoms with E-state index in [1.165, 1.54) is 7.11 Å². The summed E-state index contributed by atoms with van der Waals surface area (Å²) in [5.41, 5.74) is 1.16. The molecule has 0 aliphatic carbocycles. The molecule has 0 radical (unpaired) electrons. The van der Waals surface area contributed by atoms with Crippen LogP contribution in [-0.2, 0) is 9.84 Å². The first kappa shape index (κ1) is 14.6. The lowest BCUT2D eigenvalue weighted by Crippen LogP contribution is -2.18. The molecule has 1 aliphatic rings. The maximum absolute atomic E-state index is 11.4. The molecule has 110 valence electrons. The lowest BCUT2D eigenvalue weighted by atomic mass is 10.1. The summed E-state index contributed by atoms with van der Waals surface area (Å²) in [5, 5.41) is 11.9. The van der Waals surface area contributed by atoms with E-state index >= 15 is 0 Å². The van der Waals surface area contributed by atoms with Crippen molar-refractivity contribution in [3.63, 3.8) is 0 Å². The Morgan fingerprint density at radius 1 is 1.40 bits per heavy atom. The summed E-state index contributed by atoms with van der Waals surface area (Å²) in [6.07, 6.45) is 0.150. The highest BCUT2D eigenvalue weighted by Crippen LogP contribution is 2.31. The highest BCUT2D eigenvalue weighted by atomic mass is 32.2. The third-order valence-corrected chi connectivity index (χ3v) is 4.95. The van der Waals surface area contributed by atoms with E-state index in [-0.39, 0.29) is 17.6 Å². The lowest BCUT2D eigenvalue weighted by molar-refractivity contribution is 0.218. The van der Waals surface area contributed by atoms with E-state index < -0.39 is 9.84 Å². The van der Waals surface area contributed by atoms with Gasteiger partial charge < -0.3 is 14.7 Å². The van der Waals surface area contributed by atoms with Crippen LogP contribution in [0.15, 0.2) is 23.4 Å². The maximum Gasteiger partial charge on any atom is 0.161 e. The van der Waals surface area contributed by atoms with Gasteiger partial charge in [0.05, 0.1) is 24.3 Å². The second-order valence-electron chi connectivity index (χ2n) is 4.69. The van der Waals surface area contributed by atoms with Crippen molar-refractivity contribution >= 4 is 15.5 Å². The molecule has 7 heteroatoms. The van der Waals surface area contributed by atoms with E-state index in [4.69, 9.17) is 14.7 Å². The van der Waals surface area contributed by atoms with Crippen LogP contribution >= 0.6 is 0 Å². The van der Waals surface area contributed by atoms with Crippen molar-refractivity contribution in [1.82, 2.24) is 0 Å². The number of sulfone groups is 1. The summed E-state index contributed by atoms with van der Waals surface area (Å²) >= 11 is 0. The normalized spacial score (nSPS) is 21.7. The van der Waals surface area contributed by atoms with Crippen molar-refractivity contribution in [1.29, 1.82) is 0 Å². The quantitative estimate of drug-likeness (QED) is 0.517. The molecule has 1 N–H and O–H groups in total. The van der Waals surface area contributed by atoms with Gasteiger partial charge in [-0.2, -0.15) is 0 Å². The van der Waals surface area contributed by atoms with Gasteiger partial charge >= 0.3 is 0 Å². The fourth-order valence-corrected chi connectivity index (χ4v) is 3.67. The number of hydrogen-bond acceptors (Lipinski definition) is 6. The number of hydrogen-bond donors (Lipinski definition) is 1. The van der Waals surface area contributed by atoms with Crippen molar-refractivity contribution in [3.05, 3.63) is 23.8 Å². The predicted molar refractivity (Wildman–Crippen MR) is 74.7 cm³/mol. The van der Waals surface area contributed by atoms with Gasteiger partial charge in [0.15, 0.2) is 21.3 Å². The van der Waals surface area contributed by atoms with Crippen LogP contribution in [0, 0.1) is 0 Å². The zero-order valence-electron chi connectivity index (χ0n) is 11.4. The van der Waals surface area contributed by atoms with Crippen molar-refractivity contribution < 1.29 is 23.1 Å². The molecule has 1 aromatic rings. The first-order chi connectivity index (χ1) is 9.45. The molecule has 0 amide bonds.